The van der Waals surface area contributed by atoms with Gasteiger partial charge in [-0.1, -0.05) is 38.1 Å². The number of ether oxygens (including phenoxy) is 1. The number of aliphatic hydroxyl groups is 1. The van der Waals surface area contributed by atoms with E-state index in [9.17, 15) is 9.90 Å². The summed E-state index contributed by atoms with van der Waals surface area (Å²) in [6.07, 6.45) is 3.77. The van der Waals surface area contributed by atoms with Crippen molar-refractivity contribution in [1.29, 1.82) is 0 Å². The van der Waals surface area contributed by atoms with E-state index in [2.05, 4.69) is 0 Å². The Bertz CT molecular complexity index is 1060. The summed E-state index contributed by atoms with van der Waals surface area (Å²) in [6, 6.07) is 13.6. The first-order valence-electron chi connectivity index (χ1n) is 9.99. The van der Waals surface area contributed by atoms with Gasteiger partial charge in [-0.25, -0.2) is 0 Å². The molecule has 2 aromatic carbocycles. The second kappa shape index (κ2) is 7.44. The standard InChI is InChI=1S/C24H27NO3/c1-15(2)23(26)17-10-11-22(28-14-16-8-9-16)20(12-17)21-13-25(3)24(27)19-7-5-4-6-18(19)21/h4-7,10-13,15-16,23,26H,8-9,14H2,1-3H3. The summed E-state index contributed by atoms with van der Waals surface area (Å²) in [6.45, 7) is 4.72. The van der Waals surface area contributed by atoms with Gasteiger partial charge in [-0.3, -0.25) is 4.79 Å². The molecule has 1 aromatic heterocycles. The fourth-order valence-corrected chi connectivity index (χ4v) is 3.58. The molecule has 0 aliphatic heterocycles. The fraction of sp³-hybridized carbons (Fsp3) is 0.375. The zero-order valence-corrected chi connectivity index (χ0v) is 16.7. The summed E-state index contributed by atoms with van der Waals surface area (Å²) in [5.74, 6) is 1.56. The van der Waals surface area contributed by atoms with Crippen LogP contribution in [0.3, 0.4) is 0 Å². The van der Waals surface area contributed by atoms with Gasteiger partial charge in [-0.05, 0) is 53.8 Å². The smallest absolute Gasteiger partial charge is 0.258 e. The zero-order valence-electron chi connectivity index (χ0n) is 16.7. The molecule has 4 rings (SSSR count). The van der Waals surface area contributed by atoms with Crippen molar-refractivity contribution in [2.75, 3.05) is 6.61 Å². The molecule has 1 heterocycles. The van der Waals surface area contributed by atoms with Crippen LogP contribution in [0.15, 0.2) is 53.5 Å². The van der Waals surface area contributed by atoms with Crippen LogP contribution < -0.4 is 10.3 Å². The molecule has 0 bridgehead atoms. The monoisotopic (exact) mass is 377 g/mol. The molecule has 1 aliphatic carbocycles. The summed E-state index contributed by atoms with van der Waals surface area (Å²) >= 11 is 0. The van der Waals surface area contributed by atoms with Gasteiger partial charge in [0.1, 0.15) is 5.75 Å². The predicted molar refractivity (Wildman–Crippen MR) is 113 cm³/mol. The molecule has 1 fully saturated rings. The molecule has 0 saturated heterocycles. The summed E-state index contributed by atoms with van der Waals surface area (Å²) < 4.78 is 7.78. The first kappa shape index (κ1) is 18.8. The van der Waals surface area contributed by atoms with Gasteiger partial charge >= 0.3 is 0 Å². The highest BCUT2D eigenvalue weighted by Gasteiger charge is 2.23. The molecule has 4 heteroatoms. The number of fused-ring (bicyclic) bond motifs is 1. The quantitative estimate of drug-likeness (QED) is 0.678. The van der Waals surface area contributed by atoms with Crippen LogP contribution in [0.5, 0.6) is 5.75 Å². The van der Waals surface area contributed by atoms with E-state index < -0.39 is 6.10 Å². The Kier molecular flexibility index (Phi) is 4.98. The van der Waals surface area contributed by atoms with Gasteiger partial charge in [-0.15, -0.1) is 0 Å². The maximum atomic E-state index is 12.6. The summed E-state index contributed by atoms with van der Waals surface area (Å²) in [4.78, 5) is 12.6. The molecule has 0 radical (unpaired) electrons. The first-order chi connectivity index (χ1) is 13.5. The van der Waals surface area contributed by atoms with Gasteiger partial charge in [-0.2, -0.15) is 0 Å². The Morgan fingerprint density at radius 1 is 1.11 bits per heavy atom. The molecular weight excluding hydrogens is 350 g/mol. The molecule has 28 heavy (non-hydrogen) atoms. The third-order valence-electron chi connectivity index (χ3n) is 5.53. The molecule has 3 aromatic rings. The fourth-order valence-electron chi connectivity index (χ4n) is 3.58. The summed E-state index contributed by atoms with van der Waals surface area (Å²) in [5, 5.41) is 12.2. The minimum absolute atomic E-state index is 0.0156. The SMILES string of the molecule is CC(C)C(O)c1ccc(OCC2CC2)c(-c2cn(C)c(=O)c3ccccc23)c1. The van der Waals surface area contributed by atoms with Crippen LogP contribution in [-0.2, 0) is 7.05 Å². The van der Waals surface area contributed by atoms with Crippen LogP contribution in [-0.4, -0.2) is 16.3 Å². The van der Waals surface area contributed by atoms with Crippen molar-refractivity contribution in [2.45, 2.75) is 32.8 Å². The molecule has 0 amide bonds. The molecule has 1 N–H and O–H groups in total. The lowest BCUT2D eigenvalue weighted by Crippen LogP contribution is -2.16. The molecular formula is C24H27NO3. The highest BCUT2D eigenvalue weighted by molar-refractivity contribution is 5.97. The highest BCUT2D eigenvalue weighted by Crippen LogP contribution is 2.38. The van der Waals surface area contributed by atoms with Crippen LogP contribution in [0.1, 0.15) is 38.4 Å². The van der Waals surface area contributed by atoms with Crippen molar-refractivity contribution in [2.24, 2.45) is 18.9 Å². The number of pyridine rings is 1. The summed E-state index contributed by atoms with van der Waals surface area (Å²) in [7, 11) is 1.77. The average molecular weight is 377 g/mol. The zero-order chi connectivity index (χ0) is 19.8. The van der Waals surface area contributed by atoms with Crippen molar-refractivity contribution in [3.05, 3.63) is 64.6 Å². The van der Waals surface area contributed by atoms with E-state index in [-0.39, 0.29) is 11.5 Å². The number of benzene rings is 2. The number of hydrogen-bond donors (Lipinski definition) is 1. The van der Waals surface area contributed by atoms with Gasteiger partial charge in [0.15, 0.2) is 0 Å². The molecule has 1 unspecified atom stereocenters. The van der Waals surface area contributed by atoms with E-state index in [0.717, 1.165) is 27.8 Å². The number of aromatic nitrogens is 1. The third-order valence-corrected chi connectivity index (χ3v) is 5.53. The van der Waals surface area contributed by atoms with Crippen LogP contribution >= 0.6 is 0 Å². The van der Waals surface area contributed by atoms with Crippen molar-refractivity contribution >= 4 is 10.8 Å². The highest BCUT2D eigenvalue weighted by atomic mass is 16.5. The van der Waals surface area contributed by atoms with Gasteiger partial charge in [0.2, 0.25) is 0 Å². The van der Waals surface area contributed by atoms with Crippen LogP contribution in [0.25, 0.3) is 21.9 Å². The molecule has 1 atom stereocenters. The van der Waals surface area contributed by atoms with Crippen molar-refractivity contribution < 1.29 is 9.84 Å². The van der Waals surface area contributed by atoms with E-state index in [1.165, 1.54) is 12.8 Å². The molecule has 4 nitrogen and oxygen atoms in total. The van der Waals surface area contributed by atoms with Crippen LogP contribution in [0, 0.1) is 11.8 Å². The van der Waals surface area contributed by atoms with Crippen LogP contribution in [0.2, 0.25) is 0 Å². The molecule has 1 saturated carbocycles. The van der Waals surface area contributed by atoms with Crippen molar-refractivity contribution in [1.82, 2.24) is 4.57 Å². The minimum Gasteiger partial charge on any atom is -0.493 e. The Balaban J connectivity index is 1.91. The maximum Gasteiger partial charge on any atom is 0.258 e. The lowest BCUT2D eigenvalue weighted by molar-refractivity contribution is 0.127. The predicted octanol–water partition coefficient (Wildman–Crippen LogP) is 4.68. The van der Waals surface area contributed by atoms with E-state index in [0.29, 0.717) is 17.9 Å². The number of aryl methyl sites for hydroxylation is 1. The number of aliphatic hydroxyl groups excluding tert-OH is 1. The Hall–Kier alpha value is -2.59. The van der Waals surface area contributed by atoms with Gasteiger partial charge in [0.05, 0.1) is 12.7 Å². The number of hydrogen-bond acceptors (Lipinski definition) is 3. The van der Waals surface area contributed by atoms with Gasteiger partial charge in [0, 0.05) is 29.8 Å². The number of nitrogens with zero attached hydrogens (tertiary/aromatic N) is 1. The molecule has 1 aliphatic rings. The summed E-state index contributed by atoms with van der Waals surface area (Å²) in [5.41, 5.74) is 2.71. The first-order valence-corrected chi connectivity index (χ1v) is 9.99. The lowest BCUT2D eigenvalue weighted by Gasteiger charge is -2.19. The second-order valence-electron chi connectivity index (χ2n) is 8.20. The van der Waals surface area contributed by atoms with Crippen molar-refractivity contribution in [3.63, 3.8) is 0 Å². The van der Waals surface area contributed by atoms with Crippen molar-refractivity contribution in [3.8, 4) is 16.9 Å². The van der Waals surface area contributed by atoms with E-state index >= 15 is 0 Å². The Morgan fingerprint density at radius 2 is 1.82 bits per heavy atom. The van der Waals surface area contributed by atoms with Gasteiger partial charge in [0.25, 0.3) is 5.56 Å². The normalized spacial score (nSPS) is 15.2. The topological polar surface area (TPSA) is 51.5 Å². The average Bonchev–Trinajstić information content (AvgIpc) is 3.53. The Morgan fingerprint density at radius 3 is 2.50 bits per heavy atom. The second-order valence-corrected chi connectivity index (χ2v) is 8.20. The Labute approximate surface area is 165 Å². The maximum absolute atomic E-state index is 12.6. The van der Waals surface area contributed by atoms with E-state index in [4.69, 9.17) is 4.74 Å². The van der Waals surface area contributed by atoms with Gasteiger partial charge < -0.3 is 14.4 Å². The third kappa shape index (κ3) is 3.57. The molecule has 0 spiro atoms. The number of rotatable bonds is 6. The molecule has 146 valence electrons. The lowest BCUT2D eigenvalue weighted by atomic mass is 9.93. The van der Waals surface area contributed by atoms with E-state index in [1.807, 2.05) is 62.5 Å². The van der Waals surface area contributed by atoms with Crippen LogP contribution in [0.4, 0.5) is 0 Å². The minimum atomic E-state index is -0.546. The van der Waals surface area contributed by atoms with E-state index in [1.54, 1.807) is 11.6 Å². The largest absolute Gasteiger partial charge is 0.493 e.